The van der Waals surface area contributed by atoms with E-state index in [1.54, 1.807) is 12.1 Å². The highest BCUT2D eigenvalue weighted by Gasteiger charge is 2.23. The first-order valence-corrected chi connectivity index (χ1v) is 7.51. The van der Waals surface area contributed by atoms with Gasteiger partial charge in [0.15, 0.2) is 0 Å². The smallest absolute Gasteiger partial charge is 0.244 e. The fourth-order valence-corrected chi connectivity index (χ4v) is 3.48. The summed E-state index contributed by atoms with van der Waals surface area (Å²) in [6.45, 7) is 0.402. The molecule has 0 saturated heterocycles. The highest BCUT2D eigenvalue weighted by atomic mass is 79.9. The number of methoxy groups -OCH3 is 1. The van der Waals surface area contributed by atoms with Crippen molar-refractivity contribution in [3.8, 4) is 0 Å². The van der Waals surface area contributed by atoms with E-state index in [1.807, 2.05) is 0 Å². The van der Waals surface area contributed by atoms with Gasteiger partial charge in [-0.05, 0) is 33.6 Å². The molecule has 0 heterocycles. The molecule has 18 heavy (non-hydrogen) atoms. The number of hydrogen-bond donors (Lipinski definition) is 1. The molecule has 7 heteroatoms. The Labute approximate surface area is 116 Å². The molecule has 0 spiro atoms. The van der Waals surface area contributed by atoms with Crippen LogP contribution in [-0.2, 0) is 21.4 Å². The third-order valence-corrected chi connectivity index (χ3v) is 5.33. The summed E-state index contributed by atoms with van der Waals surface area (Å²) in [5, 5.41) is 9.05. The molecule has 0 saturated carbocycles. The number of sulfonamides is 1. The highest BCUT2D eigenvalue weighted by molar-refractivity contribution is 9.10. The van der Waals surface area contributed by atoms with Crippen molar-refractivity contribution in [1.82, 2.24) is 4.31 Å². The third-order valence-electron chi connectivity index (χ3n) is 2.48. The zero-order valence-electron chi connectivity index (χ0n) is 10.3. The molecule has 0 bridgehead atoms. The number of halogens is 1. The molecule has 0 atom stereocenters. The van der Waals surface area contributed by atoms with Crippen LogP contribution in [0.4, 0.5) is 0 Å². The minimum atomic E-state index is -3.58. The van der Waals surface area contributed by atoms with E-state index in [0.717, 1.165) is 0 Å². The molecule has 0 radical (unpaired) electrons. The molecule has 0 amide bonds. The van der Waals surface area contributed by atoms with Gasteiger partial charge >= 0.3 is 0 Å². The quantitative estimate of drug-likeness (QED) is 0.847. The Morgan fingerprint density at radius 1 is 1.44 bits per heavy atom. The second-order valence-electron chi connectivity index (χ2n) is 3.74. The van der Waals surface area contributed by atoms with E-state index in [1.165, 1.54) is 24.5 Å². The molecule has 0 fully saturated rings. The van der Waals surface area contributed by atoms with Gasteiger partial charge in [0.05, 0.1) is 18.1 Å². The van der Waals surface area contributed by atoms with E-state index < -0.39 is 10.0 Å². The lowest BCUT2D eigenvalue weighted by Gasteiger charge is -2.18. The largest absolute Gasteiger partial charge is 0.392 e. The standard InChI is InChI=1S/C11H16BrNO4S/c1-13(5-6-17-2)18(15,16)11-7-9(8-14)3-4-10(11)12/h3-4,7,14H,5-6,8H2,1-2H3. The van der Waals surface area contributed by atoms with Crippen molar-refractivity contribution in [2.75, 3.05) is 27.3 Å². The zero-order chi connectivity index (χ0) is 13.8. The van der Waals surface area contributed by atoms with E-state index in [0.29, 0.717) is 16.6 Å². The fourth-order valence-electron chi connectivity index (χ4n) is 1.35. The summed E-state index contributed by atoms with van der Waals surface area (Å²) in [6, 6.07) is 4.74. The van der Waals surface area contributed by atoms with Crippen molar-refractivity contribution in [1.29, 1.82) is 0 Å². The maximum absolute atomic E-state index is 12.3. The van der Waals surface area contributed by atoms with Gasteiger partial charge in [-0.1, -0.05) is 6.07 Å². The molecule has 0 aliphatic carbocycles. The topological polar surface area (TPSA) is 66.8 Å². The number of rotatable bonds is 6. The summed E-state index contributed by atoms with van der Waals surface area (Å²) in [6.07, 6.45) is 0. The third kappa shape index (κ3) is 3.52. The molecule has 1 N–H and O–H groups in total. The average molecular weight is 338 g/mol. The van der Waals surface area contributed by atoms with Crippen LogP contribution in [0.5, 0.6) is 0 Å². The van der Waals surface area contributed by atoms with Crippen LogP contribution in [-0.4, -0.2) is 45.1 Å². The second kappa shape index (κ2) is 6.63. The van der Waals surface area contributed by atoms with Crippen molar-refractivity contribution in [3.05, 3.63) is 28.2 Å². The fraction of sp³-hybridized carbons (Fsp3) is 0.455. The summed E-state index contributed by atoms with van der Waals surface area (Å²) < 4.78 is 31.1. The molecule has 0 aliphatic heterocycles. The Bertz CT molecular complexity index is 504. The van der Waals surface area contributed by atoms with Crippen LogP contribution in [0.2, 0.25) is 0 Å². The van der Waals surface area contributed by atoms with Gasteiger partial charge in [0, 0.05) is 25.2 Å². The van der Waals surface area contributed by atoms with E-state index in [9.17, 15) is 8.42 Å². The predicted octanol–water partition coefficient (Wildman–Crippen LogP) is 1.21. The second-order valence-corrected chi connectivity index (χ2v) is 6.61. The van der Waals surface area contributed by atoms with Gasteiger partial charge in [0.25, 0.3) is 0 Å². The highest BCUT2D eigenvalue weighted by Crippen LogP contribution is 2.25. The molecule has 1 aromatic rings. The van der Waals surface area contributed by atoms with Gasteiger partial charge in [-0.2, -0.15) is 4.31 Å². The van der Waals surface area contributed by atoms with E-state index in [2.05, 4.69) is 15.9 Å². The first kappa shape index (κ1) is 15.6. The van der Waals surface area contributed by atoms with E-state index in [4.69, 9.17) is 9.84 Å². The monoisotopic (exact) mass is 337 g/mol. The Hall–Kier alpha value is -0.470. The maximum Gasteiger partial charge on any atom is 0.244 e. The Morgan fingerprint density at radius 2 is 2.11 bits per heavy atom. The van der Waals surface area contributed by atoms with Gasteiger partial charge in [0.2, 0.25) is 10.0 Å². The van der Waals surface area contributed by atoms with Crippen molar-refractivity contribution in [3.63, 3.8) is 0 Å². The van der Waals surface area contributed by atoms with Crippen molar-refractivity contribution in [2.45, 2.75) is 11.5 Å². The van der Waals surface area contributed by atoms with Crippen molar-refractivity contribution in [2.24, 2.45) is 0 Å². The average Bonchev–Trinajstić information content (AvgIpc) is 2.36. The maximum atomic E-state index is 12.3. The van der Waals surface area contributed by atoms with Crippen LogP contribution in [0.15, 0.2) is 27.6 Å². The van der Waals surface area contributed by atoms with Crippen LogP contribution < -0.4 is 0 Å². The lowest BCUT2D eigenvalue weighted by molar-refractivity contribution is 0.185. The number of aliphatic hydroxyl groups excluding tert-OH is 1. The van der Waals surface area contributed by atoms with E-state index >= 15 is 0 Å². The van der Waals surface area contributed by atoms with Gasteiger partial charge in [-0.15, -0.1) is 0 Å². The molecule has 5 nitrogen and oxygen atoms in total. The number of nitrogens with zero attached hydrogens (tertiary/aromatic N) is 1. The SMILES string of the molecule is COCCN(C)S(=O)(=O)c1cc(CO)ccc1Br. The zero-order valence-corrected chi connectivity index (χ0v) is 12.7. The molecule has 1 rings (SSSR count). The van der Waals surface area contributed by atoms with Crippen LogP contribution in [0, 0.1) is 0 Å². The summed E-state index contributed by atoms with van der Waals surface area (Å²) in [4.78, 5) is 0.146. The van der Waals surface area contributed by atoms with E-state index in [-0.39, 0.29) is 18.0 Å². The van der Waals surface area contributed by atoms with Crippen molar-refractivity contribution >= 4 is 26.0 Å². The van der Waals surface area contributed by atoms with Crippen LogP contribution >= 0.6 is 15.9 Å². The molecular weight excluding hydrogens is 322 g/mol. The Balaban J connectivity index is 3.11. The lowest BCUT2D eigenvalue weighted by Crippen LogP contribution is -2.30. The van der Waals surface area contributed by atoms with Gasteiger partial charge in [0.1, 0.15) is 0 Å². The summed E-state index contributed by atoms with van der Waals surface area (Å²) in [5.74, 6) is 0. The van der Waals surface area contributed by atoms with Gasteiger partial charge in [-0.3, -0.25) is 0 Å². The molecule has 0 unspecified atom stereocenters. The summed E-state index contributed by atoms with van der Waals surface area (Å²) >= 11 is 3.21. The number of benzene rings is 1. The van der Waals surface area contributed by atoms with Crippen LogP contribution in [0.25, 0.3) is 0 Å². The number of hydrogen-bond acceptors (Lipinski definition) is 4. The predicted molar refractivity (Wildman–Crippen MR) is 71.8 cm³/mol. The summed E-state index contributed by atoms with van der Waals surface area (Å²) in [7, 11) is -0.570. The molecular formula is C11H16BrNO4S. The lowest BCUT2D eigenvalue weighted by atomic mass is 10.2. The van der Waals surface area contributed by atoms with Gasteiger partial charge < -0.3 is 9.84 Å². The first-order valence-electron chi connectivity index (χ1n) is 5.28. The Morgan fingerprint density at radius 3 is 2.67 bits per heavy atom. The molecule has 0 aliphatic rings. The van der Waals surface area contributed by atoms with Crippen LogP contribution in [0.1, 0.15) is 5.56 Å². The number of ether oxygens (including phenoxy) is 1. The minimum Gasteiger partial charge on any atom is -0.392 e. The molecule has 0 aromatic heterocycles. The summed E-state index contributed by atoms with van der Waals surface area (Å²) in [5.41, 5.74) is 0.553. The van der Waals surface area contributed by atoms with Crippen molar-refractivity contribution < 1.29 is 18.3 Å². The normalized spacial score (nSPS) is 12.1. The number of aliphatic hydroxyl groups is 1. The van der Waals surface area contributed by atoms with Crippen LogP contribution in [0.3, 0.4) is 0 Å². The minimum absolute atomic E-state index is 0.146. The Kier molecular flexibility index (Phi) is 5.74. The van der Waals surface area contributed by atoms with Gasteiger partial charge in [-0.25, -0.2) is 8.42 Å². The molecule has 102 valence electrons. The number of likely N-dealkylation sites (N-methyl/N-ethyl adjacent to an activating group) is 1. The molecule has 1 aromatic carbocycles. The first-order chi connectivity index (χ1) is 8.43.